The summed E-state index contributed by atoms with van der Waals surface area (Å²) in [5, 5.41) is 5.51. The Hall–Kier alpha value is -2.89. The van der Waals surface area contributed by atoms with Gasteiger partial charge in [-0.2, -0.15) is 0 Å². The van der Waals surface area contributed by atoms with Crippen LogP contribution < -0.4 is 10.6 Å². The van der Waals surface area contributed by atoms with E-state index < -0.39 is 11.5 Å². The second kappa shape index (κ2) is 6.93. The summed E-state index contributed by atoms with van der Waals surface area (Å²) in [6.07, 6.45) is 1.02. The number of hydrogen-bond donors (Lipinski definition) is 2. The van der Waals surface area contributed by atoms with Gasteiger partial charge in [0.2, 0.25) is 5.91 Å². The fraction of sp³-hybridized carbons (Fsp3) is 0.263. The highest BCUT2D eigenvalue weighted by Gasteiger charge is 2.51. The highest BCUT2D eigenvalue weighted by Crippen LogP contribution is 2.49. The molecule has 0 atom stereocenters. The zero-order valence-electron chi connectivity index (χ0n) is 13.8. The third-order valence-electron chi connectivity index (χ3n) is 4.42. The van der Waals surface area contributed by atoms with E-state index >= 15 is 0 Å². The molecule has 1 aliphatic rings. The highest BCUT2D eigenvalue weighted by atomic mass is 19.1. The van der Waals surface area contributed by atoms with Crippen LogP contribution >= 0.6 is 0 Å². The summed E-state index contributed by atoms with van der Waals surface area (Å²) in [6.45, 7) is 0.348. The third-order valence-corrected chi connectivity index (χ3v) is 4.42. The summed E-state index contributed by atoms with van der Waals surface area (Å²) in [5.41, 5.74) is 1.85. The van der Waals surface area contributed by atoms with E-state index in [1.54, 1.807) is 24.3 Å². The first-order chi connectivity index (χ1) is 12.0. The van der Waals surface area contributed by atoms with Crippen LogP contribution in [0.3, 0.4) is 0 Å². The van der Waals surface area contributed by atoms with Crippen LogP contribution in [0.2, 0.25) is 0 Å². The van der Waals surface area contributed by atoms with Crippen LogP contribution in [0, 0.1) is 5.82 Å². The van der Waals surface area contributed by atoms with E-state index in [2.05, 4.69) is 15.4 Å². The predicted molar refractivity (Wildman–Crippen MR) is 91.6 cm³/mol. The Morgan fingerprint density at radius 3 is 2.28 bits per heavy atom. The van der Waals surface area contributed by atoms with E-state index in [-0.39, 0.29) is 11.7 Å². The molecule has 0 bridgehead atoms. The molecule has 5 nitrogen and oxygen atoms in total. The van der Waals surface area contributed by atoms with Crippen LogP contribution in [0.25, 0.3) is 0 Å². The summed E-state index contributed by atoms with van der Waals surface area (Å²) in [5.74, 6) is -0.393. The van der Waals surface area contributed by atoms with Gasteiger partial charge in [-0.1, -0.05) is 24.3 Å². The average Bonchev–Trinajstić information content (AvgIpc) is 3.43. The van der Waals surface area contributed by atoms with Crippen molar-refractivity contribution in [3.05, 3.63) is 65.5 Å². The number of ether oxygens (including phenoxy) is 1. The van der Waals surface area contributed by atoms with Crippen LogP contribution in [0.5, 0.6) is 0 Å². The molecular weight excluding hydrogens is 323 g/mol. The van der Waals surface area contributed by atoms with E-state index in [9.17, 15) is 14.0 Å². The zero-order chi connectivity index (χ0) is 17.9. The SMILES string of the molecule is COC(=O)NCc1ccc(NC(=O)C2(c3ccc(F)cc3)CC2)cc1. The number of amides is 2. The van der Waals surface area contributed by atoms with Crippen molar-refractivity contribution in [2.75, 3.05) is 12.4 Å². The van der Waals surface area contributed by atoms with E-state index in [1.807, 2.05) is 12.1 Å². The quantitative estimate of drug-likeness (QED) is 0.876. The molecule has 0 aliphatic heterocycles. The van der Waals surface area contributed by atoms with Crippen molar-refractivity contribution in [3.8, 4) is 0 Å². The Balaban J connectivity index is 1.63. The van der Waals surface area contributed by atoms with Crippen molar-refractivity contribution < 1.29 is 18.7 Å². The lowest BCUT2D eigenvalue weighted by molar-refractivity contribution is -0.118. The summed E-state index contributed by atoms with van der Waals surface area (Å²) in [7, 11) is 1.31. The van der Waals surface area contributed by atoms with Gasteiger partial charge in [0.15, 0.2) is 0 Å². The monoisotopic (exact) mass is 342 g/mol. The normalized spacial score (nSPS) is 14.5. The van der Waals surface area contributed by atoms with Gasteiger partial charge in [0, 0.05) is 12.2 Å². The number of hydrogen-bond acceptors (Lipinski definition) is 3. The lowest BCUT2D eigenvalue weighted by Gasteiger charge is -2.16. The van der Waals surface area contributed by atoms with Gasteiger partial charge in [-0.25, -0.2) is 9.18 Å². The maximum absolute atomic E-state index is 13.1. The smallest absolute Gasteiger partial charge is 0.407 e. The summed E-state index contributed by atoms with van der Waals surface area (Å²) in [6, 6.07) is 13.3. The third kappa shape index (κ3) is 3.79. The first kappa shape index (κ1) is 17.0. The molecule has 25 heavy (non-hydrogen) atoms. The molecule has 0 aromatic heterocycles. The maximum Gasteiger partial charge on any atom is 0.407 e. The van der Waals surface area contributed by atoms with Crippen LogP contribution in [-0.4, -0.2) is 19.1 Å². The number of halogens is 1. The van der Waals surface area contributed by atoms with Crippen molar-refractivity contribution in [1.82, 2.24) is 5.32 Å². The first-order valence-electron chi connectivity index (χ1n) is 8.02. The Morgan fingerprint density at radius 1 is 1.08 bits per heavy atom. The lowest BCUT2D eigenvalue weighted by atomic mass is 9.95. The lowest BCUT2D eigenvalue weighted by Crippen LogP contribution is -2.27. The summed E-state index contributed by atoms with van der Waals surface area (Å²) >= 11 is 0. The molecule has 3 rings (SSSR count). The molecule has 0 heterocycles. The first-order valence-corrected chi connectivity index (χ1v) is 8.02. The Labute approximate surface area is 145 Å². The second-order valence-corrected chi connectivity index (χ2v) is 6.09. The van der Waals surface area contributed by atoms with Gasteiger partial charge in [0.25, 0.3) is 0 Å². The van der Waals surface area contributed by atoms with Crippen LogP contribution in [0.15, 0.2) is 48.5 Å². The topological polar surface area (TPSA) is 67.4 Å². The minimum Gasteiger partial charge on any atom is -0.453 e. The molecule has 0 radical (unpaired) electrons. The summed E-state index contributed by atoms with van der Waals surface area (Å²) < 4.78 is 17.6. The zero-order valence-corrected chi connectivity index (χ0v) is 13.8. The maximum atomic E-state index is 13.1. The molecular formula is C19H19FN2O3. The average molecular weight is 342 g/mol. The molecule has 2 aromatic rings. The van der Waals surface area contributed by atoms with Crippen molar-refractivity contribution >= 4 is 17.7 Å². The molecule has 0 saturated heterocycles. The molecule has 6 heteroatoms. The molecule has 1 fully saturated rings. The number of nitrogens with one attached hydrogen (secondary N) is 2. The Kier molecular flexibility index (Phi) is 4.70. The summed E-state index contributed by atoms with van der Waals surface area (Å²) in [4.78, 5) is 23.7. The molecule has 1 aliphatic carbocycles. The fourth-order valence-electron chi connectivity index (χ4n) is 2.74. The predicted octanol–water partition coefficient (Wildman–Crippen LogP) is 3.35. The van der Waals surface area contributed by atoms with Gasteiger partial charge in [0.1, 0.15) is 5.82 Å². The van der Waals surface area contributed by atoms with E-state index in [1.165, 1.54) is 19.2 Å². The van der Waals surface area contributed by atoms with E-state index in [0.29, 0.717) is 12.2 Å². The van der Waals surface area contributed by atoms with Crippen molar-refractivity contribution in [2.45, 2.75) is 24.8 Å². The number of alkyl carbamates (subject to hydrolysis) is 1. The number of rotatable bonds is 5. The van der Waals surface area contributed by atoms with Crippen LogP contribution in [0.1, 0.15) is 24.0 Å². The van der Waals surface area contributed by atoms with Crippen molar-refractivity contribution in [1.29, 1.82) is 0 Å². The minimum atomic E-state index is -0.557. The van der Waals surface area contributed by atoms with E-state index in [4.69, 9.17) is 0 Å². The van der Waals surface area contributed by atoms with Gasteiger partial charge in [-0.3, -0.25) is 4.79 Å². The minimum absolute atomic E-state index is 0.0838. The van der Waals surface area contributed by atoms with Crippen LogP contribution in [0.4, 0.5) is 14.9 Å². The molecule has 0 unspecified atom stereocenters. The van der Waals surface area contributed by atoms with Crippen molar-refractivity contribution in [3.63, 3.8) is 0 Å². The molecule has 0 spiro atoms. The van der Waals surface area contributed by atoms with E-state index in [0.717, 1.165) is 24.0 Å². The largest absolute Gasteiger partial charge is 0.453 e. The van der Waals surface area contributed by atoms with Gasteiger partial charge in [-0.05, 0) is 48.2 Å². The van der Waals surface area contributed by atoms with Gasteiger partial charge >= 0.3 is 6.09 Å². The fourth-order valence-corrected chi connectivity index (χ4v) is 2.74. The molecule has 2 aromatic carbocycles. The van der Waals surface area contributed by atoms with Gasteiger partial charge in [-0.15, -0.1) is 0 Å². The second-order valence-electron chi connectivity index (χ2n) is 6.09. The van der Waals surface area contributed by atoms with Gasteiger partial charge in [0.05, 0.1) is 12.5 Å². The number of anilines is 1. The number of benzene rings is 2. The highest BCUT2D eigenvalue weighted by molar-refractivity contribution is 6.01. The Morgan fingerprint density at radius 2 is 1.72 bits per heavy atom. The Bertz CT molecular complexity index is 768. The standard InChI is InChI=1S/C19H19FN2O3/c1-25-18(24)21-12-13-2-8-16(9-3-13)22-17(23)19(10-11-19)14-4-6-15(20)7-5-14/h2-9H,10-12H2,1H3,(H,21,24)(H,22,23). The van der Waals surface area contributed by atoms with Crippen molar-refractivity contribution in [2.24, 2.45) is 0 Å². The number of carbonyl (C=O) groups excluding carboxylic acids is 2. The number of methoxy groups -OCH3 is 1. The number of carbonyl (C=O) groups is 2. The molecule has 130 valence electrons. The molecule has 1 saturated carbocycles. The molecule has 2 amide bonds. The van der Waals surface area contributed by atoms with Gasteiger partial charge < -0.3 is 15.4 Å². The van der Waals surface area contributed by atoms with Crippen LogP contribution in [-0.2, 0) is 21.5 Å². The molecule has 2 N–H and O–H groups in total.